The second-order valence-electron chi connectivity index (χ2n) is 11.3. The number of aromatic nitrogens is 4. The molecule has 1 saturated carbocycles. The number of amides is 1. The fourth-order valence-electron chi connectivity index (χ4n) is 5.99. The monoisotopic (exact) mass is 602 g/mol. The molecule has 1 aliphatic heterocycles. The molecular formula is C31H35ClN8O3. The van der Waals surface area contributed by atoms with Crippen LogP contribution in [0.25, 0.3) is 11.2 Å². The molecule has 1 N–H and O–H groups in total. The molecule has 224 valence electrons. The number of benzene rings is 2. The molecule has 2 aromatic heterocycles. The molecule has 4 aromatic rings. The van der Waals surface area contributed by atoms with E-state index in [4.69, 9.17) is 21.6 Å². The number of nitro benzene ring substituents is 1. The molecule has 1 aliphatic carbocycles. The van der Waals surface area contributed by atoms with Gasteiger partial charge in [-0.15, -0.1) is 0 Å². The quantitative estimate of drug-likeness (QED) is 0.182. The predicted octanol–water partition coefficient (Wildman–Crippen LogP) is 5.67. The Hall–Kier alpha value is -4.25. The van der Waals surface area contributed by atoms with Crippen LogP contribution in [0.4, 0.5) is 17.5 Å². The number of anilines is 2. The van der Waals surface area contributed by atoms with Gasteiger partial charge in [0.05, 0.1) is 17.8 Å². The van der Waals surface area contributed by atoms with Crippen molar-refractivity contribution in [3.8, 4) is 0 Å². The van der Waals surface area contributed by atoms with E-state index in [1.54, 1.807) is 18.5 Å². The summed E-state index contributed by atoms with van der Waals surface area (Å²) in [6.45, 7) is 3.45. The first-order chi connectivity index (χ1) is 20.9. The lowest BCUT2D eigenvalue weighted by atomic mass is 10.0. The molecule has 2 aromatic carbocycles. The molecule has 1 amide bonds. The highest BCUT2D eigenvalue weighted by Crippen LogP contribution is 2.29. The molecule has 2 aliphatic rings. The van der Waals surface area contributed by atoms with E-state index in [2.05, 4.69) is 15.2 Å². The van der Waals surface area contributed by atoms with Crippen molar-refractivity contribution >= 4 is 46.1 Å². The Morgan fingerprint density at radius 2 is 1.77 bits per heavy atom. The maximum Gasteiger partial charge on any atom is 0.269 e. The maximum absolute atomic E-state index is 12.9. The molecule has 0 unspecified atom stereocenters. The molecule has 0 radical (unpaired) electrons. The van der Waals surface area contributed by atoms with Gasteiger partial charge in [0, 0.05) is 56.3 Å². The van der Waals surface area contributed by atoms with Crippen LogP contribution in [0.3, 0.4) is 0 Å². The van der Waals surface area contributed by atoms with Gasteiger partial charge in [-0.05, 0) is 29.5 Å². The minimum absolute atomic E-state index is 0.0473. The SMILES string of the molecule is O=C(CCC1CCCC1)N1CCN(c2nc(NCc3ccccc3Cl)c3ncn(Cc4ccc([N+](=O)[O-])cc4)c3n2)CC1. The van der Waals surface area contributed by atoms with Gasteiger partial charge >= 0.3 is 0 Å². The molecule has 12 heteroatoms. The molecule has 0 bridgehead atoms. The smallest absolute Gasteiger partial charge is 0.269 e. The molecule has 2 fully saturated rings. The third-order valence-electron chi connectivity index (χ3n) is 8.51. The number of non-ortho nitro benzene ring substituents is 1. The summed E-state index contributed by atoms with van der Waals surface area (Å²) in [4.78, 5) is 42.1. The molecule has 0 spiro atoms. The number of piperazine rings is 1. The summed E-state index contributed by atoms with van der Waals surface area (Å²) in [5, 5.41) is 15.2. The van der Waals surface area contributed by atoms with Crippen LogP contribution in [0.1, 0.15) is 49.7 Å². The van der Waals surface area contributed by atoms with Gasteiger partial charge in [0.2, 0.25) is 11.9 Å². The molecule has 0 atom stereocenters. The van der Waals surface area contributed by atoms with E-state index >= 15 is 0 Å². The first-order valence-electron chi connectivity index (χ1n) is 14.9. The average Bonchev–Trinajstić information content (AvgIpc) is 3.70. The second kappa shape index (κ2) is 12.9. The van der Waals surface area contributed by atoms with Crippen LogP contribution in [0.15, 0.2) is 54.9 Å². The summed E-state index contributed by atoms with van der Waals surface area (Å²) >= 11 is 6.41. The Kier molecular flexibility index (Phi) is 8.69. The van der Waals surface area contributed by atoms with Crippen molar-refractivity contribution in [3.63, 3.8) is 0 Å². The van der Waals surface area contributed by atoms with Gasteiger partial charge in [-0.1, -0.05) is 67.6 Å². The van der Waals surface area contributed by atoms with Gasteiger partial charge in [0.25, 0.3) is 5.69 Å². The fourth-order valence-corrected chi connectivity index (χ4v) is 6.20. The van der Waals surface area contributed by atoms with Crippen LogP contribution < -0.4 is 10.2 Å². The van der Waals surface area contributed by atoms with Gasteiger partial charge in [-0.2, -0.15) is 9.97 Å². The van der Waals surface area contributed by atoms with E-state index in [0.717, 1.165) is 17.5 Å². The Morgan fingerprint density at radius 3 is 2.49 bits per heavy atom. The normalized spacial score (nSPS) is 15.7. The number of nitro groups is 1. The summed E-state index contributed by atoms with van der Waals surface area (Å²) in [5.74, 6) is 2.11. The Balaban J connectivity index is 1.22. The number of carbonyl (C=O) groups is 1. The van der Waals surface area contributed by atoms with E-state index in [1.807, 2.05) is 33.7 Å². The van der Waals surface area contributed by atoms with Crippen molar-refractivity contribution in [3.05, 3.63) is 81.1 Å². The molecular weight excluding hydrogens is 568 g/mol. The Morgan fingerprint density at radius 1 is 1.02 bits per heavy atom. The fraction of sp³-hybridized carbons (Fsp3) is 0.419. The van der Waals surface area contributed by atoms with Gasteiger partial charge in [-0.25, -0.2) is 4.98 Å². The largest absolute Gasteiger partial charge is 0.364 e. The Labute approximate surface area is 255 Å². The number of fused-ring (bicyclic) bond motifs is 1. The zero-order valence-corrected chi connectivity index (χ0v) is 24.7. The molecule has 11 nitrogen and oxygen atoms in total. The summed E-state index contributed by atoms with van der Waals surface area (Å²) in [5.41, 5.74) is 3.15. The minimum Gasteiger partial charge on any atom is -0.364 e. The highest BCUT2D eigenvalue weighted by molar-refractivity contribution is 6.31. The number of nitrogens with zero attached hydrogens (tertiary/aromatic N) is 7. The lowest BCUT2D eigenvalue weighted by molar-refractivity contribution is -0.384. The van der Waals surface area contributed by atoms with E-state index in [-0.39, 0.29) is 11.6 Å². The molecule has 1 saturated heterocycles. The van der Waals surface area contributed by atoms with E-state index in [0.29, 0.717) is 79.6 Å². The van der Waals surface area contributed by atoms with E-state index < -0.39 is 4.92 Å². The second-order valence-corrected chi connectivity index (χ2v) is 11.7. The van der Waals surface area contributed by atoms with Crippen molar-refractivity contribution in [2.45, 2.75) is 51.6 Å². The number of rotatable bonds is 10. The number of hydrogen-bond donors (Lipinski definition) is 1. The van der Waals surface area contributed by atoms with E-state index in [9.17, 15) is 14.9 Å². The van der Waals surface area contributed by atoms with Crippen molar-refractivity contribution in [2.75, 3.05) is 36.4 Å². The van der Waals surface area contributed by atoms with Gasteiger partial charge < -0.3 is 19.7 Å². The topological polar surface area (TPSA) is 122 Å². The number of halogens is 1. The molecule has 6 rings (SSSR count). The molecule has 3 heterocycles. The van der Waals surface area contributed by atoms with Crippen LogP contribution >= 0.6 is 11.6 Å². The lowest BCUT2D eigenvalue weighted by Gasteiger charge is -2.35. The average molecular weight is 603 g/mol. The summed E-state index contributed by atoms with van der Waals surface area (Å²) in [6.07, 6.45) is 8.45. The van der Waals surface area contributed by atoms with Crippen LogP contribution in [0, 0.1) is 16.0 Å². The van der Waals surface area contributed by atoms with E-state index in [1.165, 1.54) is 37.8 Å². The molecule has 43 heavy (non-hydrogen) atoms. The standard InChI is InChI=1S/C31H35ClN8O3/c32-26-8-4-3-7-24(26)19-33-29-28-30(39(21-34-28)20-23-9-12-25(13-10-23)40(42)43)36-31(35-29)38-17-15-37(16-18-38)27(41)14-11-22-5-1-2-6-22/h3-4,7-10,12-13,21-22H,1-2,5-6,11,14-20H2,(H,33,35,36). The number of carbonyl (C=O) groups excluding carboxylic acids is 1. The maximum atomic E-state index is 12.9. The minimum atomic E-state index is -0.407. The summed E-state index contributed by atoms with van der Waals surface area (Å²) < 4.78 is 1.92. The first kappa shape index (κ1) is 28.9. The Bertz CT molecular complexity index is 1590. The highest BCUT2D eigenvalue weighted by atomic mass is 35.5. The van der Waals surface area contributed by atoms with Crippen LogP contribution in [0.5, 0.6) is 0 Å². The van der Waals surface area contributed by atoms with Gasteiger partial charge in [-0.3, -0.25) is 14.9 Å². The van der Waals surface area contributed by atoms with Crippen molar-refractivity contribution in [1.82, 2.24) is 24.4 Å². The van der Waals surface area contributed by atoms with Gasteiger partial charge in [0.1, 0.15) is 0 Å². The van der Waals surface area contributed by atoms with Crippen molar-refractivity contribution in [2.24, 2.45) is 5.92 Å². The zero-order valence-electron chi connectivity index (χ0n) is 24.0. The van der Waals surface area contributed by atoms with Gasteiger partial charge in [0.15, 0.2) is 17.0 Å². The lowest BCUT2D eigenvalue weighted by Crippen LogP contribution is -2.49. The number of hydrogen-bond acceptors (Lipinski definition) is 8. The van der Waals surface area contributed by atoms with Crippen molar-refractivity contribution < 1.29 is 9.72 Å². The number of imidazole rings is 1. The third-order valence-corrected chi connectivity index (χ3v) is 8.88. The zero-order chi connectivity index (χ0) is 29.8. The van der Waals surface area contributed by atoms with Crippen LogP contribution in [0.2, 0.25) is 5.02 Å². The number of nitrogens with one attached hydrogen (secondary N) is 1. The summed E-state index contributed by atoms with van der Waals surface area (Å²) in [7, 11) is 0. The third kappa shape index (κ3) is 6.72. The van der Waals surface area contributed by atoms with Crippen LogP contribution in [-0.4, -0.2) is 61.4 Å². The first-order valence-corrected chi connectivity index (χ1v) is 15.3. The van der Waals surface area contributed by atoms with Crippen LogP contribution in [-0.2, 0) is 17.9 Å². The predicted molar refractivity (Wildman–Crippen MR) is 166 cm³/mol. The van der Waals surface area contributed by atoms with Crippen molar-refractivity contribution in [1.29, 1.82) is 0 Å². The summed E-state index contributed by atoms with van der Waals surface area (Å²) in [6, 6.07) is 14.1. The highest BCUT2D eigenvalue weighted by Gasteiger charge is 2.25.